The lowest BCUT2D eigenvalue weighted by Crippen LogP contribution is -1.94. The Morgan fingerprint density at radius 3 is 1.14 bits per heavy atom. The first-order valence-electron chi connectivity index (χ1n) is 20.7. The molecule has 0 bridgehead atoms. The van der Waals surface area contributed by atoms with Crippen molar-refractivity contribution in [2.24, 2.45) is 0 Å². The summed E-state index contributed by atoms with van der Waals surface area (Å²) in [7, 11) is 0. The molecular weight excluding hydrogens is 711 g/mol. The van der Waals surface area contributed by atoms with Crippen LogP contribution in [0.2, 0.25) is 0 Å². The molecule has 1 nitrogen and oxygen atoms in total. The predicted octanol–water partition coefficient (Wildman–Crippen LogP) is 16.5. The van der Waals surface area contributed by atoms with Gasteiger partial charge in [-0.05, 0) is 120 Å². The Hall–Kier alpha value is -7.48. The molecule has 0 atom stereocenters. The molecule has 280 valence electrons. The van der Waals surface area contributed by atoms with Crippen molar-refractivity contribution in [3.63, 3.8) is 0 Å². The molecule has 59 heavy (non-hydrogen) atoms. The Balaban J connectivity index is 0.00000207. The predicted molar refractivity (Wildman–Crippen MR) is 254 cm³/mol. The standard InChI is InChI=1S/C56H37N.C2H6/c1-3-11-38(12-4-1)40-19-23-42(24-20-40)45-29-33-55-53(35-45)54-36-46(43-25-21-41(22-26-43)39-13-5-2-6-14-39)30-34-56(54)57(55)48-31-27-44(28-32-48)52-37-47-15-7-8-16-49(47)50-17-9-10-18-51(50)52;1-2/h1-37H;1-2H3. The Morgan fingerprint density at radius 2 is 0.627 bits per heavy atom. The molecule has 1 heteroatoms. The van der Waals surface area contributed by atoms with E-state index in [1.807, 2.05) is 13.8 Å². The third-order valence-corrected chi connectivity index (χ3v) is 11.6. The number of aromatic nitrogens is 1. The number of fused-ring (bicyclic) bond motifs is 6. The molecule has 0 N–H and O–H groups in total. The topological polar surface area (TPSA) is 4.93 Å². The van der Waals surface area contributed by atoms with E-state index in [-0.39, 0.29) is 0 Å². The lowest BCUT2D eigenvalue weighted by molar-refractivity contribution is 1.18. The molecule has 11 rings (SSSR count). The van der Waals surface area contributed by atoms with Crippen LogP contribution in [0.1, 0.15) is 13.8 Å². The van der Waals surface area contributed by atoms with Gasteiger partial charge in [-0.25, -0.2) is 0 Å². The molecule has 0 radical (unpaired) electrons. The van der Waals surface area contributed by atoms with Crippen LogP contribution in [-0.2, 0) is 0 Å². The fourth-order valence-electron chi connectivity index (χ4n) is 8.72. The molecule has 1 aromatic heterocycles. The van der Waals surface area contributed by atoms with Crippen molar-refractivity contribution >= 4 is 43.4 Å². The quantitative estimate of drug-likeness (QED) is 0.149. The molecule has 0 saturated heterocycles. The zero-order chi connectivity index (χ0) is 39.7. The van der Waals surface area contributed by atoms with Gasteiger partial charge in [-0.2, -0.15) is 0 Å². The number of hydrogen-bond donors (Lipinski definition) is 0. The number of nitrogens with zero attached hydrogens (tertiary/aromatic N) is 1. The molecule has 0 aliphatic heterocycles. The summed E-state index contributed by atoms with van der Waals surface area (Å²) in [5, 5.41) is 7.58. The van der Waals surface area contributed by atoms with E-state index in [0.717, 1.165) is 5.69 Å². The highest BCUT2D eigenvalue weighted by atomic mass is 15.0. The maximum atomic E-state index is 2.43. The minimum atomic E-state index is 1.14. The lowest BCUT2D eigenvalue weighted by Gasteiger charge is -2.13. The summed E-state index contributed by atoms with van der Waals surface area (Å²) in [4.78, 5) is 0. The van der Waals surface area contributed by atoms with Gasteiger partial charge in [0.15, 0.2) is 0 Å². The van der Waals surface area contributed by atoms with Crippen molar-refractivity contribution in [2.45, 2.75) is 13.8 Å². The first-order valence-corrected chi connectivity index (χ1v) is 20.7. The lowest BCUT2D eigenvalue weighted by atomic mass is 9.93. The molecule has 10 aromatic carbocycles. The van der Waals surface area contributed by atoms with Gasteiger partial charge in [0, 0.05) is 16.5 Å². The van der Waals surface area contributed by atoms with Gasteiger partial charge >= 0.3 is 0 Å². The van der Waals surface area contributed by atoms with Crippen LogP contribution in [0.5, 0.6) is 0 Å². The van der Waals surface area contributed by atoms with Crippen LogP contribution in [0.25, 0.3) is 105 Å². The second-order valence-corrected chi connectivity index (χ2v) is 14.9. The molecule has 0 unspecified atom stereocenters. The van der Waals surface area contributed by atoms with Crippen molar-refractivity contribution < 1.29 is 0 Å². The highest BCUT2D eigenvalue weighted by molar-refractivity contribution is 6.14. The summed E-state index contributed by atoms with van der Waals surface area (Å²) in [6.07, 6.45) is 0. The molecular formula is C58H43N. The van der Waals surface area contributed by atoms with E-state index in [1.54, 1.807) is 0 Å². The zero-order valence-electron chi connectivity index (χ0n) is 33.3. The monoisotopic (exact) mass is 753 g/mol. The van der Waals surface area contributed by atoms with Gasteiger partial charge < -0.3 is 4.57 Å². The molecule has 0 saturated carbocycles. The number of hydrogen-bond acceptors (Lipinski definition) is 0. The fraction of sp³-hybridized carbons (Fsp3) is 0.0345. The number of benzene rings is 10. The molecule has 0 aliphatic rings. The van der Waals surface area contributed by atoms with Crippen molar-refractivity contribution in [1.29, 1.82) is 0 Å². The van der Waals surface area contributed by atoms with Crippen molar-refractivity contribution in [3.05, 3.63) is 224 Å². The van der Waals surface area contributed by atoms with Gasteiger partial charge in [-0.1, -0.05) is 196 Å². The molecule has 0 spiro atoms. The van der Waals surface area contributed by atoms with Gasteiger partial charge in [0.05, 0.1) is 11.0 Å². The third-order valence-electron chi connectivity index (χ3n) is 11.6. The SMILES string of the molecule is CC.c1ccc(-c2ccc(-c3ccc4c(c3)c3cc(-c5ccc(-c6ccccc6)cc5)ccc3n4-c3ccc(-c4cc5ccccc5c5ccccc45)cc3)cc2)cc1. The Bertz CT molecular complexity index is 3090. The normalized spacial score (nSPS) is 11.2. The molecule has 1 heterocycles. The second kappa shape index (κ2) is 15.5. The molecule has 0 amide bonds. The number of rotatable bonds is 6. The largest absolute Gasteiger partial charge is 0.309 e. The van der Waals surface area contributed by atoms with Crippen LogP contribution < -0.4 is 0 Å². The van der Waals surface area contributed by atoms with E-state index >= 15 is 0 Å². The average molecular weight is 754 g/mol. The van der Waals surface area contributed by atoms with Crippen LogP contribution in [-0.4, -0.2) is 4.57 Å². The maximum Gasteiger partial charge on any atom is 0.0541 e. The van der Waals surface area contributed by atoms with E-state index in [9.17, 15) is 0 Å². The van der Waals surface area contributed by atoms with E-state index in [1.165, 1.54) is 99.0 Å². The summed E-state index contributed by atoms with van der Waals surface area (Å²) in [5.41, 5.74) is 15.7. The van der Waals surface area contributed by atoms with Crippen LogP contribution >= 0.6 is 0 Å². The summed E-state index contributed by atoms with van der Waals surface area (Å²) >= 11 is 0. The highest BCUT2D eigenvalue weighted by Gasteiger charge is 2.16. The van der Waals surface area contributed by atoms with E-state index in [0.29, 0.717) is 0 Å². The van der Waals surface area contributed by atoms with Gasteiger partial charge in [0.2, 0.25) is 0 Å². The van der Waals surface area contributed by atoms with Gasteiger partial charge in [0.25, 0.3) is 0 Å². The van der Waals surface area contributed by atoms with E-state index < -0.39 is 0 Å². The first kappa shape index (κ1) is 35.9. The summed E-state index contributed by atoms with van der Waals surface area (Å²) in [5.74, 6) is 0. The summed E-state index contributed by atoms with van der Waals surface area (Å²) in [6.45, 7) is 4.00. The van der Waals surface area contributed by atoms with E-state index in [2.05, 4.69) is 229 Å². The van der Waals surface area contributed by atoms with Crippen LogP contribution in [0, 0.1) is 0 Å². The van der Waals surface area contributed by atoms with E-state index in [4.69, 9.17) is 0 Å². The Kier molecular flexibility index (Phi) is 9.41. The molecule has 0 aliphatic carbocycles. The first-order chi connectivity index (χ1) is 29.2. The summed E-state index contributed by atoms with van der Waals surface area (Å²) < 4.78 is 2.43. The smallest absolute Gasteiger partial charge is 0.0541 e. The Labute approximate surface area is 346 Å². The van der Waals surface area contributed by atoms with Crippen LogP contribution in [0.15, 0.2) is 224 Å². The summed E-state index contributed by atoms with van der Waals surface area (Å²) in [6, 6.07) is 81.9. The average Bonchev–Trinajstić information content (AvgIpc) is 3.65. The fourth-order valence-corrected chi connectivity index (χ4v) is 8.72. The van der Waals surface area contributed by atoms with Crippen LogP contribution in [0.4, 0.5) is 0 Å². The second-order valence-electron chi connectivity index (χ2n) is 14.9. The van der Waals surface area contributed by atoms with Crippen LogP contribution in [0.3, 0.4) is 0 Å². The third kappa shape index (κ3) is 6.57. The van der Waals surface area contributed by atoms with Gasteiger partial charge in [0.1, 0.15) is 0 Å². The van der Waals surface area contributed by atoms with Crippen molar-refractivity contribution in [1.82, 2.24) is 4.57 Å². The van der Waals surface area contributed by atoms with Gasteiger partial charge in [-0.15, -0.1) is 0 Å². The van der Waals surface area contributed by atoms with Gasteiger partial charge in [-0.3, -0.25) is 0 Å². The maximum absolute atomic E-state index is 2.43. The minimum absolute atomic E-state index is 1.14. The molecule has 0 fully saturated rings. The highest BCUT2D eigenvalue weighted by Crippen LogP contribution is 2.40. The zero-order valence-corrected chi connectivity index (χ0v) is 33.3. The van der Waals surface area contributed by atoms with Crippen molar-refractivity contribution in [2.75, 3.05) is 0 Å². The Morgan fingerprint density at radius 1 is 0.254 bits per heavy atom. The van der Waals surface area contributed by atoms with Crippen molar-refractivity contribution in [3.8, 4) is 61.3 Å². The minimum Gasteiger partial charge on any atom is -0.309 e. The molecule has 11 aromatic rings.